The predicted octanol–water partition coefficient (Wildman–Crippen LogP) is 2.04. The third-order valence-corrected chi connectivity index (χ3v) is 5.71. The van der Waals surface area contributed by atoms with Gasteiger partial charge >= 0.3 is 0 Å². The van der Waals surface area contributed by atoms with Gasteiger partial charge in [-0.3, -0.25) is 9.59 Å². The molecule has 4 rings (SSSR count). The SMILES string of the molecule is Cc1ccc(C(=O)NCC(=O)Nc2ccc(N3CCOCC3)cc2N2CCOCC2)cc1. The average molecular weight is 439 g/mol. The monoisotopic (exact) mass is 438 g/mol. The third-order valence-electron chi connectivity index (χ3n) is 5.71. The summed E-state index contributed by atoms with van der Waals surface area (Å²) in [5.74, 6) is -0.532. The molecule has 2 amide bonds. The minimum Gasteiger partial charge on any atom is -0.378 e. The summed E-state index contributed by atoms with van der Waals surface area (Å²) in [5, 5.41) is 5.67. The van der Waals surface area contributed by atoms with Gasteiger partial charge in [-0.2, -0.15) is 0 Å². The first kappa shape index (κ1) is 22.1. The van der Waals surface area contributed by atoms with Crippen molar-refractivity contribution in [3.8, 4) is 0 Å². The molecule has 2 aromatic carbocycles. The lowest BCUT2D eigenvalue weighted by molar-refractivity contribution is -0.115. The maximum Gasteiger partial charge on any atom is 0.251 e. The number of rotatable bonds is 6. The van der Waals surface area contributed by atoms with E-state index in [1.165, 1.54) is 0 Å². The fraction of sp³-hybridized carbons (Fsp3) is 0.417. The standard InChI is InChI=1S/C24H30N4O4/c1-18-2-4-19(5-3-18)24(30)25-17-23(29)26-21-7-6-20(27-8-12-31-13-9-27)16-22(21)28-10-14-32-15-11-28/h2-7,16H,8-15,17H2,1H3,(H,25,30)(H,26,29). The molecule has 2 aliphatic heterocycles. The molecular weight excluding hydrogens is 408 g/mol. The van der Waals surface area contributed by atoms with E-state index in [2.05, 4.69) is 26.5 Å². The maximum absolute atomic E-state index is 12.6. The van der Waals surface area contributed by atoms with Crippen LogP contribution in [0.25, 0.3) is 0 Å². The van der Waals surface area contributed by atoms with Gasteiger partial charge < -0.3 is 29.9 Å². The topological polar surface area (TPSA) is 83.1 Å². The number of ether oxygens (including phenoxy) is 2. The molecule has 2 aromatic rings. The van der Waals surface area contributed by atoms with Crippen molar-refractivity contribution in [1.82, 2.24) is 5.32 Å². The number of benzene rings is 2. The number of hydrogen-bond donors (Lipinski definition) is 2. The van der Waals surface area contributed by atoms with Crippen LogP contribution < -0.4 is 20.4 Å². The van der Waals surface area contributed by atoms with Gasteiger partial charge in [-0.05, 0) is 37.3 Å². The number of carbonyl (C=O) groups is 2. The zero-order valence-corrected chi connectivity index (χ0v) is 18.4. The van der Waals surface area contributed by atoms with E-state index < -0.39 is 0 Å². The fourth-order valence-corrected chi connectivity index (χ4v) is 3.87. The molecule has 2 fully saturated rings. The van der Waals surface area contributed by atoms with E-state index in [1.807, 2.05) is 31.2 Å². The Morgan fingerprint density at radius 1 is 0.875 bits per heavy atom. The second kappa shape index (κ2) is 10.5. The van der Waals surface area contributed by atoms with Gasteiger partial charge in [0.25, 0.3) is 5.91 Å². The van der Waals surface area contributed by atoms with Crippen molar-refractivity contribution in [2.45, 2.75) is 6.92 Å². The Morgan fingerprint density at radius 2 is 1.50 bits per heavy atom. The highest BCUT2D eigenvalue weighted by Gasteiger charge is 2.20. The van der Waals surface area contributed by atoms with Crippen LogP contribution in [0.2, 0.25) is 0 Å². The summed E-state index contributed by atoms with van der Waals surface area (Å²) >= 11 is 0. The molecule has 2 N–H and O–H groups in total. The van der Waals surface area contributed by atoms with Crippen LogP contribution in [0.4, 0.5) is 17.1 Å². The molecule has 0 atom stereocenters. The number of nitrogens with zero attached hydrogens (tertiary/aromatic N) is 2. The highest BCUT2D eigenvalue weighted by atomic mass is 16.5. The Labute approximate surface area is 188 Å². The number of amides is 2. The molecule has 0 spiro atoms. The molecule has 8 heteroatoms. The average Bonchev–Trinajstić information content (AvgIpc) is 2.84. The van der Waals surface area contributed by atoms with Gasteiger partial charge in [-0.25, -0.2) is 0 Å². The molecule has 32 heavy (non-hydrogen) atoms. The van der Waals surface area contributed by atoms with Crippen LogP contribution in [-0.4, -0.2) is 71.0 Å². The Kier molecular flexibility index (Phi) is 7.24. The zero-order chi connectivity index (χ0) is 22.3. The molecule has 170 valence electrons. The van der Waals surface area contributed by atoms with Gasteiger partial charge in [-0.1, -0.05) is 17.7 Å². The number of morpholine rings is 2. The fourth-order valence-electron chi connectivity index (χ4n) is 3.87. The Balaban J connectivity index is 1.44. The van der Waals surface area contributed by atoms with Crippen molar-refractivity contribution in [2.75, 3.05) is 74.3 Å². The lowest BCUT2D eigenvalue weighted by Crippen LogP contribution is -2.38. The molecule has 2 saturated heterocycles. The van der Waals surface area contributed by atoms with Crippen LogP contribution in [0.3, 0.4) is 0 Å². The summed E-state index contributed by atoms with van der Waals surface area (Å²) in [6, 6.07) is 13.3. The molecule has 0 bridgehead atoms. The van der Waals surface area contributed by atoms with E-state index in [1.54, 1.807) is 12.1 Å². The third kappa shape index (κ3) is 5.57. The maximum atomic E-state index is 12.6. The molecule has 2 heterocycles. The van der Waals surface area contributed by atoms with Crippen molar-refractivity contribution >= 4 is 28.9 Å². The first-order chi connectivity index (χ1) is 15.6. The van der Waals surface area contributed by atoms with Crippen LogP contribution >= 0.6 is 0 Å². The summed E-state index contributed by atoms with van der Waals surface area (Å²) in [7, 11) is 0. The van der Waals surface area contributed by atoms with E-state index in [-0.39, 0.29) is 18.4 Å². The lowest BCUT2D eigenvalue weighted by atomic mass is 10.1. The molecule has 0 saturated carbocycles. The Hall–Kier alpha value is -3.10. The molecule has 2 aliphatic rings. The van der Waals surface area contributed by atoms with Crippen molar-refractivity contribution in [3.05, 3.63) is 53.6 Å². The zero-order valence-electron chi connectivity index (χ0n) is 18.4. The summed E-state index contributed by atoms with van der Waals surface area (Å²) in [6.45, 7) is 7.82. The van der Waals surface area contributed by atoms with Crippen molar-refractivity contribution in [1.29, 1.82) is 0 Å². The van der Waals surface area contributed by atoms with Gasteiger partial charge in [0, 0.05) is 37.4 Å². The molecule has 0 radical (unpaired) electrons. The van der Waals surface area contributed by atoms with Gasteiger partial charge in [0.2, 0.25) is 5.91 Å². The van der Waals surface area contributed by atoms with Gasteiger partial charge in [0.1, 0.15) is 0 Å². The van der Waals surface area contributed by atoms with Crippen LogP contribution in [0, 0.1) is 6.92 Å². The number of carbonyl (C=O) groups excluding carboxylic acids is 2. The number of aryl methyl sites for hydroxylation is 1. The molecular formula is C24H30N4O4. The number of nitrogens with one attached hydrogen (secondary N) is 2. The van der Waals surface area contributed by atoms with Gasteiger partial charge in [-0.15, -0.1) is 0 Å². The number of hydrogen-bond acceptors (Lipinski definition) is 6. The Bertz CT molecular complexity index is 936. The van der Waals surface area contributed by atoms with Crippen LogP contribution in [-0.2, 0) is 14.3 Å². The smallest absolute Gasteiger partial charge is 0.251 e. The van der Waals surface area contributed by atoms with Crippen LogP contribution in [0.5, 0.6) is 0 Å². The summed E-state index contributed by atoms with van der Waals surface area (Å²) < 4.78 is 11.0. The molecule has 8 nitrogen and oxygen atoms in total. The van der Waals surface area contributed by atoms with Crippen LogP contribution in [0.1, 0.15) is 15.9 Å². The van der Waals surface area contributed by atoms with E-state index in [9.17, 15) is 9.59 Å². The predicted molar refractivity (Wildman–Crippen MR) is 125 cm³/mol. The quantitative estimate of drug-likeness (QED) is 0.718. The van der Waals surface area contributed by atoms with E-state index >= 15 is 0 Å². The Morgan fingerprint density at radius 3 is 2.16 bits per heavy atom. The summed E-state index contributed by atoms with van der Waals surface area (Å²) in [5.41, 5.74) is 4.43. The molecule has 0 aliphatic carbocycles. The van der Waals surface area contributed by atoms with Crippen molar-refractivity contribution < 1.29 is 19.1 Å². The summed E-state index contributed by atoms with van der Waals surface area (Å²) in [4.78, 5) is 29.5. The van der Waals surface area contributed by atoms with E-state index in [4.69, 9.17) is 9.47 Å². The van der Waals surface area contributed by atoms with E-state index in [0.717, 1.165) is 48.8 Å². The number of anilines is 3. The molecule has 0 unspecified atom stereocenters. The first-order valence-electron chi connectivity index (χ1n) is 11.0. The lowest BCUT2D eigenvalue weighted by Gasteiger charge is -2.33. The minimum absolute atomic E-state index is 0.0967. The van der Waals surface area contributed by atoms with Crippen molar-refractivity contribution in [2.24, 2.45) is 0 Å². The van der Waals surface area contributed by atoms with Gasteiger partial charge in [0.05, 0.1) is 44.3 Å². The second-order valence-corrected chi connectivity index (χ2v) is 8.00. The van der Waals surface area contributed by atoms with Gasteiger partial charge in [0.15, 0.2) is 0 Å². The first-order valence-corrected chi connectivity index (χ1v) is 11.0. The van der Waals surface area contributed by atoms with Crippen LogP contribution in [0.15, 0.2) is 42.5 Å². The van der Waals surface area contributed by atoms with Crippen molar-refractivity contribution in [3.63, 3.8) is 0 Å². The van der Waals surface area contributed by atoms with E-state index in [0.29, 0.717) is 32.0 Å². The second-order valence-electron chi connectivity index (χ2n) is 8.00. The highest BCUT2D eigenvalue weighted by molar-refractivity contribution is 6.00. The minimum atomic E-state index is -0.267. The summed E-state index contributed by atoms with van der Waals surface area (Å²) in [6.07, 6.45) is 0. The molecule has 0 aromatic heterocycles. The largest absolute Gasteiger partial charge is 0.378 e. The highest BCUT2D eigenvalue weighted by Crippen LogP contribution is 2.32. The normalized spacial score (nSPS) is 16.5.